The molecule has 2 aromatic carbocycles. The largest absolute Gasteiger partial charge is 0.346 e. The summed E-state index contributed by atoms with van der Waals surface area (Å²) in [6.45, 7) is 8.16. The smallest absolute Gasteiger partial charge is 0.0922 e. The Kier molecular flexibility index (Phi) is 7.12. The number of allylic oxidation sites excluding steroid dienone is 1. The van der Waals surface area contributed by atoms with Gasteiger partial charge in [0, 0.05) is 10.6 Å². The van der Waals surface area contributed by atoms with Crippen molar-refractivity contribution in [2.45, 2.75) is 59.3 Å². The number of rotatable bonds is 7. The maximum atomic E-state index is 6.58. The van der Waals surface area contributed by atoms with Gasteiger partial charge in [0.2, 0.25) is 0 Å². The molecule has 0 saturated heterocycles. The highest BCUT2D eigenvalue weighted by Gasteiger charge is 2.50. The van der Waals surface area contributed by atoms with Crippen molar-refractivity contribution in [3.8, 4) is 0 Å². The third-order valence-corrected chi connectivity index (χ3v) is 9.84. The molecule has 1 nitrogen and oxygen atoms in total. The van der Waals surface area contributed by atoms with Gasteiger partial charge in [0.25, 0.3) is 0 Å². The Morgan fingerprint density at radius 3 is 2.27 bits per heavy atom. The number of hydrogen-bond acceptors (Lipinski definition) is 1. The van der Waals surface area contributed by atoms with Crippen molar-refractivity contribution in [3.05, 3.63) is 72.3 Å². The molecule has 2 saturated carbocycles. The fraction of sp³-hybridized carbons (Fsp3) is 0.500. The van der Waals surface area contributed by atoms with Crippen LogP contribution in [0.25, 0.3) is 0 Å². The highest BCUT2D eigenvalue weighted by atomic mass is 31.1. The molecule has 2 fully saturated rings. The minimum Gasteiger partial charge on any atom is -0.346 e. The van der Waals surface area contributed by atoms with Crippen LogP contribution in [0.3, 0.4) is 0 Å². The second-order valence-corrected chi connectivity index (χ2v) is 11.4. The maximum Gasteiger partial charge on any atom is 0.0922 e. The Labute approximate surface area is 184 Å². The Morgan fingerprint density at radius 1 is 1.03 bits per heavy atom. The van der Waals surface area contributed by atoms with Crippen LogP contribution in [-0.4, -0.2) is 6.61 Å². The Morgan fingerprint density at radius 2 is 1.67 bits per heavy atom. The van der Waals surface area contributed by atoms with Crippen molar-refractivity contribution in [1.82, 2.24) is 0 Å². The summed E-state index contributed by atoms with van der Waals surface area (Å²) < 4.78 is 6.58. The van der Waals surface area contributed by atoms with E-state index in [0.717, 1.165) is 24.4 Å². The van der Waals surface area contributed by atoms with E-state index < -0.39 is 8.15 Å². The lowest BCUT2D eigenvalue weighted by molar-refractivity contribution is 0.0957. The van der Waals surface area contributed by atoms with Crippen molar-refractivity contribution in [1.29, 1.82) is 0 Å². The normalized spacial score (nSPS) is 28.6. The third-order valence-electron chi connectivity index (χ3n) is 7.90. The lowest BCUT2D eigenvalue weighted by Crippen LogP contribution is -2.35. The number of hydrogen-bond donors (Lipinski definition) is 0. The van der Waals surface area contributed by atoms with E-state index in [-0.39, 0.29) is 0 Å². The third kappa shape index (κ3) is 4.44. The molecule has 0 radical (unpaired) electrons. The molecule has 0 aliphatic heterocycles. The average molecular weight is 421 g/mol. The summed E-state index contributed by atoms with van der Waals surface area (Å²) in [6.07, 6.45) is 10.6. The van der Waals surface area contributed by atoms with E-state index in [9.17, 15) is 0 Å². The van der Waals surface area contributed by atoms with Crippen LogP contribution < -0.4 is 10.6 Å². The molecule has 160 valence electrons. The molecule has 0 amide bonds. The Balaban J connectivity index is 1.50. The van der Waals surface area contributed by atoms with Gasteiger partial charge in [0.15, 0.2) is 0 Å². The molecule has 0 heterocycles. The highest BCUT2D eigenvalue weighted by Crippen LogP contribution is 2.59. The first-order chi connectivity index (χ1) is 14.6. The summed E-state index contributed by atoms with van der Waals surface area (Å²) in [5, 5.41) is 2.59. The van der Waals surface area contributed by atoms with E-state index in [1.165, 1.54) is 49.1 Å². The molecule has 2 aliphatic carbocycles. The number of benzene rings is 2. The van der Waals surface area contributed by atoms with E-state index in [1.54, 1.807) is 5.57 Å². The van der Waals surface area contributed by atoms with Gasteiger partial charge in [0.05, 0.1) is 14.8 Å². The van der Waals surface area contributed by atoms with Crippen LogP contribution in [0, 0.1) is 23.2 Å². The summed E-state index contributed by atoms with van der Waals surface area (Å²) in [5.74, 6) is 2.51. The van der Waals surface area contributed by atoms with Crippen molar-refractivity contribution in [2.75, 3.05) is 6.61 Å². The Bertz CT molecular complexity index is 791. The maximum absolute atomic E-state index is 6.58. The van der Waals surface area contributed by atoms with E-state index in [2.05, 4.69) is 87.5 Å². The zero-order valence-electron chi connectivity index (χ0n) is 18.9. The Hall–Kier alpha value is -1.43. The van der Waals surface area contributed by atoms with Gasteiger partial charge in [-0.3, -0.25) is 0 Å². The van der Waals surface area contributed by atoms with Gasteiger partial charge in [-0.15, -0.1) is 0 Å². The lowest BCUT2D eigenvalue weighted by atomic mass is 9.61. The molecule has 0 bridgehead atoms. The van der Waals surface area contributed by atoms with Crippen LogP contribution in [0.4, 0.5) is 0 Å². The zero-order chi connectivity index (χ0) is 21.0. The lowest BCUT2D eigenvalue weighted by Gasteiger charge is -2.44. The summed E-state index contributed by atoms with van der Waals surface area (Å²) in [6, 6.07) is 21.5. The highest BCUT2D eigenvalue weighted by molar-refractivity contribution is 7.68. The van der Waals surface area contributed by atoms with E-state index in [1.807, 2.05) is 0 Å². The number of fused-ring (bicyclic) bond motifs is 1. The minimum absolute atomic E-state index is 0.503. The zero-order valence-corrected chi connectivity index (χ0v) is 19.8. The van der Waals surface area contributed by atoms with E-state index >= 15 is 0 Å². The van der Waals surface area contributed by atoms with E-state index in [0.29, 0.717) is 5.41 Å². The minimum atomic E-state index is -0.771. The molecule has 0 spiro atoms. The quantitative estimate of drug-likeness (QED) is 0.339. The van der Waals surface area contributed by atoms with Crippen molar-refractivity contribution < 1.29 is 4.52 Å². The van der Waals surface area contributed by atoms with Crippen LogP contribution >= 0.6 is 8.15 Å². The van der Waals surface area contributed by atoms with Gasteiger partial charge >= 0.3 is 0 Å². The summed E-state index contributed by atoms with van der Waals surface area (Å²) in [5.41, 5.74) is 2.19. The molecular weight excluding hydrogens is 383 g/mol. The molecular formula is C28H37OP. The molecule has 4 atom stereocenters. The van der Waals surface area contributed by atoms with Crippen LogP contribution in [-0.2, 0) is 4.52 Å². The van der Waals surface area contributed by atoms with Crippen molar-refractivity contribution in [2.24, 2.45) is 23.2 Å². The molecule has 0 aromatic heterocycles. The first-order valence-electron chi connectivity index (χ1n) is 11.9. The average Bonchev–Trinajstić information content (AvgIpc) is 3.15. The molecule has 2 aromatic rings. The predicted molar refractivity (Wildman–Crippen MR) is 131 cm³/mol. The van der Waals surface area contributed by atoms with Crippen LogP contribution in [0.1, 0.15) is 59.3 Å². The van der Waals surface area contributed by atoms with Gasteiger partial charge in [-0.2, -0.15) is 0 Å². The first kappa shape index (κ1) is 21.8. The standard InChI is InChI=1S/C28H37OP/c1-4-22(2)26-17-18-27-23(12-11-20-28(26,27)3)19-21-29-30(24-13-7-5-8-14-24)25-15-9-6-10-16-25/h5-10,13-16,19,22,26-27H,4,11-12,17-18,20-21H2,1-3H3/b23-19+/t22-,26+,27-,28+/m0/s1. The first-order valence-corrected chi connectivity index (χ1v) is 13.1. The van der Waals surface area contributed by atoms with Gasteiger partial charge < -0.3 is 4.52 Å². The van der Waals surface area contributed by atoms with Crippen molar-refractivity contribution in [3.63, 3.8) is 0 Å². The summed E-state index contributed by atoms with van der Waals surface area (Å²) in [7, 11) is -0.771. The fourth-order valence-corrected chi connectivity index (χ4v) is 7.89. The SMILES string of the molecule is CC[C@H](C)[C@H]1CC[C@H]2/C(=C/COP(c3ccccc3)c3ccccc3)CCC[C@]12C. The van der Waals surface area contributed by atoms with Gasteiger partial charge in [-0.25, -0.2) is 0 Å². The monoisotopic (exact) mass is 420 g/mol. The van der Waals surface area contributed by atoms with E-state index in [4.69, 9.17) is 4.52 Å². The molecule has 2 heteroatoms. The van der Waals surface area contributed by atoms with Crippen LogP contribution in [0.15, 0.2) is 72.3 Å². The predicted octanol–water partition coefficient (Wildman–Crippen LogP) is 7.24. The second kappa shape index (κ2) is 9.80. The fourth-order valence-electron chi connectivity index (χ4n) is 6.19. The van der Waals surface area contributed by atoms with Crippen LogP contribution in [0.5, 0.6) is 0 Å². The molecule has 0 N–H and O–H groups in total. The van der Waals surface area contributed by atoms with Gasteiger partial charge in [-0.1, -0.05) is 99.5 Å². The van der Waals surface area contributed by atoms with Gasteiger partial charge in [0.1, 0.15) is 0 Å². The van der Waals surface area contributed by atoms with Crippen LogP contribution in [0.2, 0.25) is 0 Å². The van der Waals surface area contributed by atoms with Crippen molar-refractivity contribution >= 4 is 18.8 Å². The molecule has 0 unspecified atom stereocenters. The molecule has 2 aliphatic rings. The second-order valence-electron chi connectivity index (χ2n) is 9.52. The summed E-state index contributed by atoms with van der Waals surface area (Å²) >= 11 is 0. The topological polar surface area (TPSA) is 9.23 Å². The summed E-state index contributed by atoms with van der Waals surface area (Å²) in [4.78, 5) is 0. The molecule has 30 heavy (non-hydrogen) atoms. The van der Waals surface area contributed by atoms with Gasteiger partial charge in [-0.05, 0) is 55.3 Å². The molecule has 4 rings (SSSR count).